The minimum atomic E-state index is 0.168. The van der Waals surface area contributed by atoms with Gasteiger partial charge < -0.3 is 10.1 Å². The van der Waals surface area contributed by atoms with Gasteiger partial charge in [-0.3, -0.25) is 4.90 Å². The number of hydrogen-bond donors (Lipinski definition) is 1. The zero-order valence-corrected chi connectivity index (χ0v) is 13.5. The molecular formula is C15H34N2O. The van der Waals surface area contributed by atoms with Crippen LogP contribution in [0.3, 0.4) is 0 Å². The Morgan fingerprint density at radius 3 is 2.22 bits per heavy atom. The number of ether oxygens (including phenoxy) is 1. The maximum Gasteiger partial charge on any atom is 0.0630 e. The smallest absolute Gasteiger partial charge is 0.0630 e. The highest BCUT2D eigenvalue weighted by Crippen LogP contribution is 2.09. The number of likely N-dealkylation sites (N-methyl/N-ethyl adjacent to an activating group) is 1. The summed E-state index contributed by atoms with van der Waals surface area (Å²) in [5, 5.41) is 3.59. The first-order valence-electron chi connectivity index (χ1n) is 7.32. The van der Waals surface area contributed by atoms with Crippen LogP contribution in [0.5, 0.6) is 0 Å². The zero-order chi connectivity index (χ0) is 14.2. The Hall–Kier alpha value is -0.120. The fourth-order valence-electron chi connectivity index (χ4n) is 1.98. The van der Waals surface area contributed by atoms with Crippen LogP contribution < -0.4 is 5.32 Å². The highest BCUT2D eigenvalue weighted by molar-refractivity contribution is 4.79. The predicted molar refractivity (Wildman–Crippen MR) is 80.1 cm³/mol. The first-order chi connectivity index (χ1) is 8.34. The van der Waals surface area contributed by atoms with Crippen LogP contribution in [-0.4, -0.2) is 49.8 Å². The summed E-state index contributed by atoms with van der Waals surface area (Å²) in [6, 6.07) is 0.466. The molecule has 0 saturated carbocycles. The molecule has 2 atom stereocenters. The number of hydrogen-bond acceptors (Lipinski definition) is 3. The molecule has 0 bridgehead atoms. The van der Waals surface area contributed by atoms with E-state index in [-0.39, 0.29) is 5.54 Å². The Labute approximate surface area is 114 Å². The Kier molecular flexibility index (Phi) is 8.83. The van der Waals surface area contributed by atoms with E-state index in [1.54, 1.807) is 7.11 Å². The molecule has 0 aliphatic heterocycles. The van der Waals surface area contributed by atoms with E-state index in [9.17, 15) is 0 Å². The van der Waals surface area contributed by atoms with Crippen molar-refractivity contribution in [1.82, 2.24) is 10.2 Å². The van der Waals surface area contributed by atoms with Gasteiger partial charge in [-0.2, -0.15) is 0 Å². The molecule has 0 aliphatic rings. The molecule has 0 aliphatic carbocycles. The molecule has 0 aromatic heterocycles. The first-order valence-corrected chi connectivity index (χ1v) is 7.32. The minimum absolute atomic E-state index is 0.168. The van der Waals surface area contributed by atoms with Crippen molar-refractivity contribution >= 4 is 0 Å². The van der Waals surface area contributed by atoms with E-state index in [1.165, 1.54) is 6.42 Å². The molecule has 0 fully saturated rings. The van der Waals surface area contributed by atoms with Gasteiger partial charge in [-0.15, -0.1) is 0 Å². The monoisotopic (exact) mass is 258 g/mol. The van der Waals surface area contributed by atoms with Crippen LogP contribution in [-0.2, 0) is 4.74 Å². The van der Waals surface area contributed by atoms with E-state index < -0.39 is 0 Å². The molecular weight excluding hydrogens is 224 g/mol. The third-order valence-electron chi connectivity index (χ3n) is 3.39. The lowest BCUT2D eigenvalue weighted by atomic mass is 10.1. The summed E-state index contributed by atoms with van der Waals surface area (Å²) in [6.45, 7) is 17.5. The molecule has 0 spiro atoms. The van der Waals surface area contributed by atoms with Crippen molar-refractivity contribution in [2.45, 2.75) is 59.5 Å². The number of nitrogens with one attached hydrogen (secondary N) is 1. The third kappa shape index (κ3) is 8.06. The average molecular weight is 258 g/mol. The van der Waals surface area contributed by atoms with E-state index in [4.69, 9.17) is 4.74 Å². The second-order valence-corrected chi connectivity index (χ2v) is 6.34. The standard InChI is InChI=1S/C15H34N2O/c1-8-13(3)11-17(9-2)14(12-18-7)10-16-15(4,5)6/h13-14,16H,8-12H2,1-7H3. The van der Waals surface area contributed by atoms with E-state index in [2.05, 4.69) is 51.8 Å². The highest BCUT2D eigenvalue weighted by Gasteiger charge is 2.20. The van der Waals surface area contributed by atoms with Crippen molar-refractivity contribution in [3.8, 4) is 0 Å². The quantitative estimate of drug-likeness (QED) is 0.688. The van der Waals surface area contributed by atoms with Crippen LogP contribution in [0.2, 0.25) is 0 Å². The maximum atomic E-state index is 5.39. The van der Waals surface area contributed by atoms with Crippen molar-refractivity contribution in [1.29, 1.82) is 0 Å². The van der Waals surface area contributed by atoms with Crippen LogP contribution in [0.1, 0.15) is 48.0 Å². The molecule has 2 unspecified atom stereocenters. The summed E-state index contributed by atoms with van der Waals surface area (Å²) in [5.41, 5.74) is 0.168. The molecule has 1 N–H and O–H groups in total. The molecule has 0 aromatic carbocycles. The van der Waals surface area contributed by atoms with Crippen LogP contribution in [0.4, 0.5) is 0 Å². The van der Waals surface area contributed by atoms with Gasteiger partial charge in [0.2, 0.25) is 0 Å². The van der Waals surface area contributed by atoms with Gasteiger partial charge in [0, 0.05) is 31.8 Å². The first kappa shape index (κ1) is 17.9. The van der Waals surface area contributed by atoms with Gasteiger partial charge in [0.05, 0.1) is 6.61 Å². The molecule has 0 heterocycles. The lowest BCUT2D eigenvalue weighted by Crippen LogP contribution is -2.50. The van der Waals surface area contributed by atoms with Crippen LogP contribution in [0.15, 0.2) is 0 Å². The molecule has 0 aromatic rings. The van der Waals surface area contributed by atoms with Crippen molar-refractivity contribution in [2.24, 2.45) is 5.92 Å². The summed E-state index contributed by atoms with van der Waals surface area (Å²) < 4.78 is 5.39. The Morgan fingerprint density at radius 2 is 1.83 bits per heavy atom. The molecule has 18 heavy (non-hydrogen) atoms. The molecule has 0 rings (SSSR count). The molecule has 0 saturated heterocycles. The van der Waals surface area contributed by atoms with Gasteiger partial charge in [0.15, 0.2) is 0 Å². The van der Waals surface area contributed by atoms with Crippen molar-refractivity contribution < 1.29 is 4.74 Å². The summed E-state index contributed by atoms with van der Waals surface area (Å²) in [6.07, 6.45) is 1.24. The van der Waals surface area contributed by atoms with Crippen molar-refractivity contribution in [3.63, 3.8) is 0 Å². The fraction of sp³-hybridized carbons (Fsp3) is 1.00. The number of methoxy groups -OCH3 is 1. The van der Waals surface area contributed by atoms with E-state index in [0.717, 1.165) is 32.2 Å². The van der Waals surface area contributed by atoms with Gasteiger partial charge in [-0.25, -0.2) is 0 Å². The van der Waals surface area contributed by atoms with Crippen molar-refractivity contribution in [3.05, 3.63) is 0 Å². The van der Waals surface area contributed by atoms with Gasteiger partial charge in [0.1, 0.15) is 0 Å². The normalized spacial score (nSPS) is 16.0. The van der Waals surface area contributed by atoms with E-state index in [0.29, 0.717) is 6.04 Å². The Balaban J connectivity index is 4.42. The predicted octanol–water partition coefficient (Wildman–Crippen LogP) is 2.76. The molecule has 3 nitrogen and oxygen atoms in total. The molecule has 0 radical (unpaired) electrons. The average Bonchev–Trinajstić information content (AvgIpc) is 2.30. The highest BCUT2D eigenvalue weighted by atomic mass is 16.5. The van der Waals surface area contributed by atoms with Crippen molar-refractivity contribution in [2.75, 3.05) is 33.4 Å². The van der Waals surface area contributed by atoms with Crippen LogP contribution in [0, 0.1) is 5.92 Å². The second-order valence-electron chi connectivity index (χ2n) is 6.34. The summed E-state index contributed by atoms with van der Waals surface area (Å²) in [4.78, 5) is 2.54. The van der Waals surface area contributed by atoms with Gasteiger partial charge >= 0.3 is 0 Å². The fourth-order valence-corrected chi connectivity index (χ4v) is 1.98. The summed E-state index contributed by atoms with van der Waals surface area (Å²) in [7, 11) is 1.79. The second kappa shape index (κ2) is 8.89. The van der Waals surface area contributed by atoms with Gasteiger partial charge in [-0.05, 0) is 33.2 Å². The minimum Gasteiger partial charge on any atom is -0.383 e. The molecule has 3 heteroatoms. The summed E-state index contributed by atoms with van der Waals surface area (Å²) in [5.74, 6) is 0.749. The lowest BCUT2D eigenvalue weighted by molar-refractivity contribution is 0.0792. The number of rotatable bonds is 9. The SMILES string of the molecule is CCC(C)CN(CC)C(CNC(C)(C)C)COC. The largest absolute Gasteiger partial charge is 0.383 e. The van der Waals surface area contributed by atoms with Crippen LogP contribution >= 0.6 is 0 Å². The Morgan fingerprint density at radius 1 is 1.22 bits per heavy atom. The molecule has 0 amide bonds. The van der Waals surface area contributed by atoms with Gasteiger partial charge in [-0.1, -0.05) is 27.2 Å². The maximum absolute atomic E-state index is 5.39. The third-order valence-corrected chi connectivity index (χ3v) is 3.39. The topological polar surface area (TPSA) is 24.5 Å². The van der Waals surface area contributed by atoms with Crippen LogP contribution in [0.25, 0.3) is 0 Å². The van der Waals surface area contributed by atoms with E-state index >= 15 is 0 Å². The summed E-state index contributed by atoms with van der Waals surface area (Å²) >= 11 is 0. The Bertz CT molecular complexity index is 201. The van der Waals surface area contributed by atoms with E-state index in [1.807, 2.05) is 0 Å². The zero-order valence-electron chi connectivity index (χ0n) is 13.5. The number of nitrogens with zero attached hydrogens (tertiary/aromatic N) is 1. The lowest BCUT2D eigenvalue weighted by Gasteiger charge is -2.34. The molecule has 110 valence electrons. The van der Waals surface area contributed by atoms with Gasteiger partial charge in [0.25, 0.3) is 0 Å².